The van der Waals surface area contributed by atoms with Crippen LogP contribution in [-0.2, 0) is 0 Å². The largest absolute Gasteiger partial charge is 0.290 e. The van der Waals surface area contributed by atoms with Gasteiger partial charge in [-0.05, 0) is 42.3 Å². The van der Waals surface area contributed by atoms with Crippen molar-refractivity contribution in [2.24, 2.45) is 0 Å². The SMILES string of the molecule is C#C/C=C/c1cccc(=O)c(C)c1. The number of terminal acetylenes is 1. The Bertz CT molecular complexity index is 422. The molecule has 0 saturated carbocycles. The van der Waals surface area contributed by atoms with Crippen LogP contribution in [0.4, 0.5) is 0 Å². The van der Waals surface area contributed by atoms with Crippen molar-refractivity contribution in [3.63, 3.8) is 0 Å². The number of aryl methyl sites for hydroxylation is 1. The van der Waals surface area contributed by atoms with E-state index in [-0.39, 0.29) is 5.43 Å². The summed E-state index contributed by atoms with van der Waals surface area (Å²) >= 11 is 0. The third-order valence-corrected chi connectivity index (χ3v) is 1.68. The summed E-state index contributed by atoms with van der Waals surface area (Å²) in [6, 6.07) is 6.94. The Morgan fingerprint density at radius 1 is 1.46 bits per heavy atom. The minimum atomic E-state index is 0.0420. The highest BCUT2D eigenvalue weighted by atomic mass is 16.1. The van der Waals surface area contributed by atoms with E-state index < -0.39 is 0 Å². The fraction of sp³-hybridized carbons (Fsp3) is 0.0833. The number of rotatable bonds is 1. The molecule has 1 aromatic carbocycles. The van der Waals surface area contributed by atoms with Crippen molar-refractivity contribution in [1.82, 2.24) is 0 Å². The van der Waals surface area contributed by atoms with E-state index >= 15 is 0 Å². The van der Waals surface area contributed by atoms with Crippen LogP contribution in [0.25, 0.3) is 6.08 Å². The van der Waals surface area contributed by atoms with Crippen LogP contribution in [-0.4, -0.2) is 0 Å². The first kappa shape index (κ1) is 9.28. The molecular formula is C12H10O. The molecule has 0 aliphatic carbocycles. The monoisotopic (exact) mass is 170 g/mol. The zero-order valence-electron chi connectivity index (χ0n) is 7.45. The third kappa shape index (κ3) is 2.61. The van der Waals surface area contributed by atoms with Gasteiger partial charge in [0.05, 0.1) is 0 Å². The van der Waals surface area contributed by atoms with Gasteiger partial charge < -0.3 is 0 Å². The molecule has 0 aromatic heterocycles. The van der Waals surface area contributed by atoms with Crippen LogP contribution in [0.3, 0.4) is 0 Å². The van der Waals surface area contributed by atoms with Crippen molar-refractivity contribution in [2.45, 2.75) is 6.92 Å². The Morgan fingerprint density at radius 2 is 2.23 bits per heavy atom. The van der Waals surface area contributed by atoms with Crippen LogP contribution >= 0.6 is 0 Å². The van der Waals surface area contributed by atoms with Gasteiger partial charge in [-0.1, -0.05) is 18.1 Å². The molecule has 0 aliphatic rings. The van der Waals surface area contributed by atoms with Gasteiger partial charge in [-0.2, -0.15) is 0 Å². The summed E-state index contributed by atoms with van der Waals surface area (Å²) in [5.41, 5.74) is 1.71. The Labute approximate surface area is 77.7 Å². The first-order chi connectivity index (χ1) is 6.24. The van der Waals surface area contributed by atoms with Gasteiger partial charge in [0.25, 0.3) is 0 Å². The van der Waals surface area contributed by atoms with E-state index in [0.717, 1.165) is 11.1 Å². The van der Waals surface area contributed by atoms with Crippen LogP contribution in [0, 0.1) is 19.3 Å². The molecule has 1 nitrogen and oxygen atoms in total. The van der Waals surface area contributed by atoms with E-state index in [0.29, 0.717) is 0 Å². The van der Waals surface area contributed by atoms with Crippen LogP contribution in [0.15, 0.2) is 35.1 Å². The third-order valence-electron chi connectivity index (χ3n) is 1.68. The maximum atomic E-state index is 11.2. The number of hydrogen-bond donors (Lipinski definition) is 0. The second-order valence-corrected chi connectivity index (χ2v) is 2.72. The predicted molar refractivity (Wildman–Crippen MR) is 55.3 cm³/mol. The van der Waals surface area contributed by atoms with Gasteiger partial charge in [-0.25, -0.2) is 0 Å². The van der Waals surface area contributed by atoms with Crippen molar-refractivity contribution in [2.75, 3.05) is 0 Å². The molecule has 0 atom stereocenters. The van der Waals surface area contributed by atoms with Crippen LogP contribution in [0.2, 0.25) is 0 Å². The van der Waals surface area contributed by atoms with Gasteiger partial charge in [0.2, 0.25) is 0 Å². The average Bonchev–Trinajstić information content (AvgIpc) is 2.26. The quantitative estimate of drug-likeness (QED) is 0.589. The molecule has 0 fully saturated rings. The van der Waals surface area contributed by atoms with Gasteiger partial charge >= 0.3 is 0 Å². The normalized spacial score (nSPS) is 9.85. The van der Waals surface area contributed by atoms with Gasteiger partial charge in [-0.3, -0.25) is 4.79 Å². The molecule has 0 bridgehead atoms. The first-order valence-corrected chi connectivity index (χ1v) is 3.97. The molecule has 0 N–H and O–H groups in total. The highest BCUT2D eigenvalue weighted by Crippen LogP contribution is 2.00. The zero-order valence-corrected chi connectivity index (χ0v) is 7.45. The summed E-state index contributed by atoms with van der Waals surface area (Å²) in [6.07, 6.45) is 8.49. The predicted octanol–water partition coefficient (Wildman–Crippen LogP) is 2.00. The lowest BCUT2D eigenvalue weighted by atomic mass is 10.2. The van der Waals surface area contributed by atoms with Crippen LogP contribution < -0.4 is 5.43 Å². The highest BCUT2D eigenvalue weighted by Gasteiger charge is 1.89. The second-order valence-electron chi connectivity index (χ2n) is 2.72. The van der Waals surface area contributed by atoms with Gasteiger partial charge in [0.15, 0.2) is 5.43 Å². The van der Waals surface area contributed by atoms with E-state index in [4.69, 9.17) is 6.42 Å². The van der Waals surface area contributed by atoms with E-state index in [1.807, 2.05) is 12.1 Å². The summed E-state index contributed by atoms with van der Waals surface area (Å²) in [5, 5.41) is 0. The molecule has 0 heterocycles. The summed E-state index contributed by atoms with van der Waals surface area (Å²) in [6.45, 7) is 1.79. The molecule has 0 saturated heterocycles. The van der Waals surface area contributed by atoms with Crippen molar-refractivity contribution in [3.05, 3.63) is 51.7 Å². The van der Waals surface area contributed by atoms with Crippen molar-refractivity contribution in [3.8, 4) is 12.3 Å². The molecule has 0 spiro atoms. The maximum absolute atomic E-state index is 11.2. The molecule has 64 valence electrons. The minimum absolute atomic E-state index is 0.0420. The Morgan fingerprint density at radius 3 is 2.92 bits per heavy atom. The molecule has 1 aromatic rings. The number of hydrogen-bond acceptors (Lipinski definition) is 1. The Balaban J connectivity index is 3.23. The Kier molecular flexibility index (Phi) is 3.05. The molecule has 0 aliphatic heterocycles. The Hall–Kier alpha value is -1.81. The molecule has 0 unspecified atom stereocenters. The smallest absolute Gasteiger partial charge is 0.181 e. The summed E-state index contributed by atoms with van der Waals surface area (Å²) in [4.78, 5) is 11.2. The molecule has 1 heteroatoms. The van der Waals surface area contributed by atoms with Gasteiger partial charge in [0.1, 0.15) is 0 Å². The van der Waals surface area contributed by atoms with Crippen molar-refractivity contribution >= 4 is 6.08 Å². The minimum Gasteiger partial charge on any atom is -0.290 e. The van der Waals surface area contributed by atoms with E-state index in [2.05, 4.69) is 5.92 Å². The fourth-order valence-electron chi connectivity index (χ4n) is 0.995. The summed E-state index contributed by atoms with van der Waals surface area (Å²) < 4.78 is 0. The number of allylic oxidation sites excluding steroid dienone is 1. The topological polar surface area (TPSA) is 17.1 Å². The first-order valence-electron chi connectivity index (χ1n) is 3.97. The summed E-state index contributed by atoms with van der Waals surface area (Å²) in [7, 11) is 0. The molecule has 13 heavy (non-hydrogen) atoms. The van der Waals surface area contributed by atoms with E-state index in [9.17, 15) is 4.79 Å². The lowest BCUT2D eigenvalue weighted by molar-refractivity contribution is 1.43. The summed E-state index contributed by atoms with van der Waals surface area (Å²) in [5.74, 6) is 2.40. The van der Waals surface area contributed by atoms with Crippen molar-refractivity contribution < 1.29 is 0 Å². The highest BCUT2D eigenvalue weighted by molar-refractivity contribution is 5.52. The molecule has 1 rings (SSSR count). The van der Waals surface area contributed by atoms with Gasteiger partial charge in [-0.15, -0.1) is 6.42 Å². The lowest BCUT2D eigenvalue weighted by Gasteiger charge is -1.85. The second kappa shape index (κ2) is 4.27. The van der Waals surface area contributed by atoms with Crippen LogP contribution in [0.1, 0.15) is 11.1 Å². The lowest BCUT2D eigenvalue weighted by Crippen LogP contribution is -1.96. The van der Waals surface area contributed by atoms with E-state index in [1.54, 1.807) is 31.2 Å². The zero-order chi connectivity index (χ0) is 9.68. The fourth-order valence-corrected chi connectivity index (χ4v) is 0.995. The molecular weight excluding hydrogens is 160 g/mol. The maximum Gasteiger partial charge on any atom is 0.181 e. The average molecular weight is 170 g/mol. The van der Waals surface area contributed by atoms with Gasteiger partial charge in [0, 0.05) is 0 Å². The van der Waals surface area contributed by atoms with Crippen LogP contribution in [0.5, 0.6) is 0 Å². The van der Waals surface area contributed by atoms with Crippen molar-refractivity contribution in [1.29, 1.82) is 0 Å². The van der Waals surface area contributed by atoms with E-state index in [1.165, 1.54) is 0 Å². The molecule has 0 radical (unpaired) electrons. The standard InChI is InChI=1S/C12H10O/c1-3-4-6-11-7-5-8-12(13)10(2)9-11/h1,4-9H,2H3/b6-4+. The molecule has 0 amide bonds.